The maximum Gasteiger partial charge on any atom is 0.403 e. The molecule has 0 aliphatic heterocycles. The van der Waals surface area contributed by atoms with Crippen molar-refractivity contribution in [3.05, 3.63) is 27.7 Å². The Labute approximate surface area is 81.6 Å². The lowest BCUT2D eigenvalue weighted by Gasteiger charge is -2.06. The topological polar surface area (TPSA) is 65.3 Å². The molecule has 8 heteroatoms. The van der Waals surface area contributed by atoms with E-state index in [4.69, 9.17) is 0 Å². The van der Waals surface area contributed by atoms with E-state index in [0.717, 1.165) is 7.11 Å². The first-order valence-corrected chi connectivity index (χ1v) is 3.64. The predicted octanol–water partition coefficient (Wildman–Crippen LogP) is 2.08. The van der Waals surface area contributed by atoms with Gasteiger partial charge in [-0.25, -0.2) is 8.78 Å². The maximum atomic E-state index is 13.2. The number of rotatable bonds is 3. The number of aromatic nitrogens is 1. The van der Waals surface area contributed by atoms with Crippen molar-refractivity contribution in [2.24, 2.45) is 0 Å². The van der Waals surface area contributed by atoms with Crippen LogP contribution in [0.3, 0.4) is 0 Å². The Bertz CT molecular complexity index is 397. The smallest absolute Gasteiger partial charge is 0.403 e. The summed E-state index contributed by atoms with van der Waals surface area (Å²) in [5, 5.41) is 10.2. The summed E-state index contributed by atoms with van der Waals surface area (Å²) in [6, 6.07) is 0. The highest BCUT2D eigenvalue weighted by molar-refractivity contribution is 5.41. The van der Waals surface area contributed by atoms with Gasteiger partial charge in [0.1, 0.15) is 5.56 Å². The van der Waals surface area contributed by atoms with Crippen LogP contribution >= 0.6 is 0 Å². The van der Waals surface area contributed by atoms with Crippen molar-refractivity contribution in [2.75, 3.05) is 7.11 Å². The van der Waals surface area contributed by atoms with Gasteiger partial charge in [-0.3, -0.25) is 0 Å². The lowest BCUT2D eigenvalue weighted by atomic mass is 10.2. The molecule has 15 heavy (non-hydrogen) atoms. The first-order valence-electron chi connectivity index (χ1n) is 3.64. The third-order valence-corrected chi connectivity index (χ3v) is 1.60. The van der Waals surface area contributed by atoms with Crippen LogP contribution in [0.25, 0.3) is 0 Å². The van der Waals surface area contributed by atoms with Crippen LogP contribution in [0.5, 0.6) is 5.75 Å². The van der Waals surface area contributed by atoms with Crippen molar-refractivity contribution in [1.29, 1.82) is 0 Å². The Hall–Kier alpha value is -1.86. The molecule has 0 bridgehead atoms. The van der Waals surface area contributed by atoms with Gasteiger partial charge in [-0.1, -0.05) is 0 Å². The fourth-order valence-electron chi connectivity index (χ4n) is 0.964. The molecule has 1 aromatic heterocycles. The van der Waals surface area contributed by atoms with Gasteiger partial charge in [0, 0.05) is 0 Å². The number of nitro groups is 1. The Morgan fingerprint density at radius 3 is 2.60 bits per heavy atom. The highest BCUT2D eigenvalue weighted by atomic mass is 19.3. The zero-order chi connectivity index (χ0) is 11.6. The third-order valence-electron chi connectivity index (χ3n) is 1.60. The molecule has 5 nitrogen and oxygen atoms in total. The Kier molecular flexibility index (Phi) is 3.08. The lowest BCUT2D eigenvalue weighted by Crippen LogP contribution is -2.03. The van der Waals surface area contributed by atoms with E-state index < -0.39 is 34.3 Å². The number of hydrogen-bond donors (Lipinski definition) is 0. The van der Waals surface area contributed by atoms with Crippen LogP contribution in [0, 0.1) is 15.9 Å². The first-order chi connectivity index (χ1) is 6.99. The molecular weight excluding hydrogens is 217 g/mol. The molecule has 0 atom stereocenters. The summed E-state index contributed by atoms with van der Waals surface area (Å²) >= 11 is 0. The second kappa shape index (κ2) is 4.11. The number of alkyl halides is 2. The Morgan fingerprint density at radius 2 is 2.20 bits per heavy atom. The summed E-state index contributed by atoms with van der Waals surface area (Å²) in [6.45, 7) is 0. The van der Waals surface area contributed by atoms with E-state index in [1.807, 2.05) is 0 Å². The molecule has 0 amide bonds. The molecule has 0 unspecified atom stereocenters. The number of hydrogen-bond acceptors (Lipinski definition) is 4. The number of nitrogens with zero attached hydrogens (tertiary/aromatic N) is 2. The van der Waals surface area contributed by atoms with Gasteiger partial charge in [0.05, 0.1) is 7.11 Å². The molecule has 0 aliphatic carbocycles. The van der Waals surface area contributed by atoms with Gasteiger partial charge < -0.3 is 14.9 Å². The number of halogens is 3. The summed E-state index contributed by atoms with van der Waals surface area (Å²) in [5.41, 5.74) is -0.819. The summed E-state index contributed by atoms with van der Waals surface area (Å²) < 4.78 is 42.1. The highest BCUT2D eigenvalue weighted by Gasteiger charge is 2.28. The quantitative estimate of drug-likeness (QED) is 0.580. The van der Waals surface area contributed by atoms with Gasteiger partial charge >= 0.3 is 5.82 Å². The molecule has 0 aromatic carbocycles. The standard InChI is InChI=1S/C7H5F3N2O3/c1-15-5-3(6(9)10)2-11-7(4(5)8)12(13)14/h2,6H,1H3. The van der Waals surface area contributed by atoms with Crippen molar-refractivity contribution >= 4 is 5.82 Å². The fourth-order valence-corrected chi connectivity index (χ4v) is 0.964. The maximum absolute atomic E-state index is 13.2. The molecule has 82 valence electrons. The van der Waals surface area contributed by atoms with Gasteiger partial charge in [0.2, 0.25) is 0 Å². The van der Waals surface area contributed by atoms with E-state index in [1.54, 1.807) is 0 Å². The minimum Gasteiger partial charge on any atom is -0.493 e. The van der Waals surface area contributed by atoms with Gasteiger partial charge in [-0.15, -0.1) is 0 Å². The van der Waals surface area contributed by atoms with E-state index in [9.17, 15) is 23.3 Å². The Balaban J connectivity index is 3.39. The molecule has 0 spiro atoms. The molecule has 1 aromatic rings. The summed E-state index contributed by atoms with van der Waals surface area (Å²) in [6.07, 6.45) is -2.49. The van der Waals surface area contributed by atoms with Gasteiger partial charge in [-0.05, 0) is 9.91 Å². The second-order valence-electron chi connectivity index (χ2n) is 2.44. The molecule has 0 fully saturated rings. The van der Waals surface area contributed by atoms with Crippen LogP contribution in [0.15, 0.2) is 6.20 Å². The van der Waals surface area contributed by atoms with Crippen LogP contribution in [0.1, 0.15) is 12.0 Å². The monoisotopic (exact) mass is 222 g/mol. The van der Waals surface area contributed by atoms with Crippen LogP contribution < -0.4 is 4.74 Å². The zero-order valence-electron chi connectivity index (χ0n) is 7.41. The van der Waals surface area contributed by atoms with Gasteiger partial charge in [0.25, 0.3) is 12.2 Å². The molecule has 0 aliphatic rings. The average Bonchev–Trinajstić information content (AvgIpc) is 2.16. The number of methoxy groups -OCH3 is 1. The SMILES string of the molecule is COc1c(C(F)F)cnc([N+](=O)[O-])c1F. The Morgan fingerprint density at radius 1 is 1.60 bits per heavy atom. The number of ether oxygens (including phenoxy) is 1. The molecule has 0 saturated carbocycles. The second-order valence-corrected chi connectivity index (χ2v) is 2.44. The molecule has 1 rings (SSSR count). The first kappa shape index (κ1) is 11.2. The van der Waals surface area contributed by atoms with E-state index in [2.05, 4.69) is 9.72 Å². The minimum absolute atomic E-state index is 0.519. The predicted molar refractivity (Wildman–Crippen MR) is 42.4 cm³/mol. The summed E-state index contributed by atoms with van der Waals surface area (Å²) in [5.74, 6) is -3.50. The van der Waals surface area contributed by atoms with E-state index >= 15 is 0 Å². The summed E-state index contributed by atoms with van der Waals surface area (Å²) in [4.78, 5) is 12.1. The minimum atomic E-state index is -3.01. The molecular formula is C7H5F3N2O3. The van der Waals surface area contributed by atoms with Gasteiger partial charge in [0.15, 0.2) is 11.9 Å². The van der Waals surface area contributed by atoms with Crippen LogP contribution in [-0.2, 0) is 0 Å². The van der Waals surface area contributed by atoms with Crippen molar-refractivity contribution < 1.29 is 22.8 Å². The molecule has 1 heterocycles. The van der Waals surface area contributed by atoms with Crippen molar-refractivity contribution in [3.63, 3.8) is 0 Å². The van der Waals surface area contributed by atoms with E-state index in [1.165, 1.54) is 0 Å². The van der Waals surface area contributed by atoms with Crippen molar-refractivity contribution in [1.82, 2.24) is 4.98 Å². The third kappa shape index (κ3) is 1.97. The molecule has 0 saturated heterocycles. The lowest BCUT2D eigenvalue weighted by molar-refractivity contribution is -0.392. The fraction of sp³-hybridized carbons (Fsp3) is 0.286. The van der Waals surface area contributed by atoms with E-state index in [0.29, 0.717) is 6.20 Å². The average molecular weight is 222 g/mol. The summed E-state index contributed by atoms with van der Waals surface area (Å²) in [7, 11) is 0.939. The van der Waals surface area contributed by atoms with Gasteiger partial charge in [-0.2, -0.15) is 4.39 Å². The van der Waals surface area contributed by atoms with Crippen molar-refractivity contribution in [3.8, 4) is 5.75 Å². The van der Waals surface area contributed by atoms with Crippen LogP contribution in [-0.4, -0.2) is 17.0 Å². The zero-order valence-corrected chi connectivity index (χ0v) is 7.41. The molecule has 0 N–H and O–H groups in total. The molecule has 0 radical (unpaired) electrons. The van der Waals surface area contributed by atoms with Crippen LogP contribution in [0.2, 0.25) is 0 Å². The normalized spacial score (nSPS) is 10.5. The highest BCUT2D eigenvalue weighted by Crippen LogP contribution is 2.33. The number of pyridine rings is 1. The largest absolute Gasteiger partial charge is 0.493 e. The van der Waals surface area contributed by atoms with Crippen molar-refractivity contribution in [2.45, 2.75) is 6.43 Å². The van der Waals surface area contributed by atoms with Crippen LogP contribution in [0.4, 0.5) is 19.0 Å². The van der Waals surface area contributed by atoms with E-state index in [-0.39, 0.29) is 0 Å².